The number of halogens is 1. The minimum atomic E-state index is 0.697. The van der Waals surface area contributed by atoms with Crippen LogP contribution >= 0.6 is 22.9 Å². The van der Waals surface area contributed by atoms with E-state index >= 15 is 0 Å². The lowest BCUT2D eigenvalue weighted by atomic mass is 9.97. The van der Waals surface area contributed by atoms with Gasteiger partial charge in [-0.05, 0) is 48.9 Å². The molecule has 1 N–H and O–H groups in total. The van der Waals surface area contributed by atoms with Gasteiger partial charge in [-0.1, -0.05) is 54.1 Å². The molecule has 0 atom stereocenters. The lowest BCUT2D eigenvalue weighted by Gasteiger charge is -2.14. The summed E-state index contributed by atoms with van der Waals surface area (Å²) in [5.74, 6) is 1.72. The molecule has 0 amide bonds. The number of benzene rings is 2. The fourth-order valence-electron chi connectivity index (χ4n) is 3.84. The fourth-order valence-corrected chi connectivity index (χ4v) is 5.30. The van der Waals surface area contributed by atoms with Gasteiger partial charge in [0, 0.05) is 11.3 Å². The summed E-state index contributed by atoms with van der Waals surface area (Å²) in [4.78, 5) is 12.4. The number of aromatic nitrogens is 2. The van der Waals surface area contributed by atoms with Crippen LogP contribution in [0.15, 0.2) is 54.6 Å². The fraction of sp³-hybridized carbons (Fsp3) is 0.217. The van der Waals surface area contributed by atoms with Gasteiger partial charge in [-0.3, -0.25) is 0 Å². The first-order valence-corrected chi connectivity index (χ1v) is 10.8. The van der Waals surface area contributed by atoms with Crippen LogP contribution in [0.4, 0.5) is 11.5 Å². The van der Waals surface area contributed by atoms with Gasteiger partial charge >= 0.3 is 0 Å². The zero-order valence-corrected chi connectivity index (χ0v) is 17.0. The topological polar surface area (TPSA) is 37.8 Å². The number of nitrogens with zero attached hydrogens (tertiary/aromatic N) is 2. The highest BCUT2D eigenvalue weighted by Gasteiger charge is 2.21. The van der Waals surface area contributed by atoms with E-state index in [1.165, 1.54) is 34.2 Å². The molecule has 1 aliphatic carbocycles. The summed E-state index contributed by atoms with van der Waals surface area (Å²) >= 11 is 8.24. The highest BCUT2D eigenvalue weighted by atomic mass is 35.5. The molecule has 0 aliphatic heterocycles. The van der Waals surface area contributed by atoms with Crippen LogP contribution in [0.25, 0.3) is 10.2 Å². The van der Waals surface area contributed by atoms with E-state index in [1.807, 2.05) is 41.7 Å². The molecule has 5 heteroatoms. The molecule has 0 unspecified atom stereocenters. The van der Waals surface area contributed by atoms with Crippen molar-refractivity contribution in [3.63, 3.8) is 0 Å². The van der Waals surface area contributed by atoms with Crippen LogP contribution in [0, 0.1) is 0 Å². The summed E-state index contributed by atoms with van der Waals surface area (Å²) in [6.07, 6.45) is 5.47. The summed E-state index contributed by atoms with van der Waals surface area (Å²) < 4.78 is 0. The predicted molar refractivity (Wildman–Crippen MR) is 118 cm³/mol. The van der Waals surface area contributed by atoms with Crippen LogP contribution in [-0.4, -0.2) is 9.97 Å². The van der Waals surface area contributed by atoms with Crippen molar-refractivity contribution in [2.24, 2.45) is 0 Å². The Morgan fingerprint density at radius 3 is 2.57 bits per heavy atom. The lowest BCUT2D eigenvalue weighted by molar-refractivity contribution is 0.700. The maximum absolute atomic E-state index is 6.41. The van der Waals surface area contributed by atoms with Gasteiger partial charge in [-0.25, -0.2) is 9.97 Å². The summed E-state index contributed by atoms with van der Waals surface area (Å²) in [5, 5.41) is 5.38. The smallest absolute Gasteiger partial charge is 0.143 e. The van der Waals surface area contributed by atoms with E-state index in [0.717, 1.165) is 41.4 Å². The van der Waals surface area contributed by atoms with E-state index < -0.39 is 0 Å². The van der Waals surface area contributed by atoms with Crippen LogP contribution in [0.1, 0.15) is 34.7 Å². The normalized spacial score (nSPS) is 13.5. The van der Waals surface area contributed by atoms with Gasteiger partial charge in [0.15, 0.2) is 0 Å². The molecule has 0 bridgehead atoms. The molecule has 2 aromatic carbocycles. The second-order valence-electron chi connectivity index (χ2n) is 7.15. The van der Waals surface area contributed by atoms with Gasteiger partial charge < -0.3 is 5.32 Å². The quantitative estimate of drug-likeness (QED) is 0.418. The molecule has 0 radical (unpaired) electrons. The predicted octanol–water partition coefficient (Wildman–Crippen LogP) is 6.56. The van der Waals surface area contributed by atoms with E-state index in [2.05, 4.69) is 29.6 Å². The van der Waals surface area contributed by atoms with E-state index in [1.54, 1.807) is 0 Å². The Hall–Kier alpha value is -2.43. The Morgan fingerprint density at radius 1 is 0.929 bits per heavy atom. The third-order valence-electron chi connectivity index (χ3n) is 5.19. The first-order valence-electron chi connectivity index (χ1n) is 9.64. The Labute approximate surface area is 173 Å². The van der Waals surface area contributed by atoms with Gasteiger partial charge in [-0.15, -0.1) is 11.3 Å². The molecule has 2 aromatic heterocycles. The Kier molecular flexibility index (Phi) is 4.75. The van der Waals surface area contributed by atoms with Crippen molar-refractivity contribution in [2.45, 2.75) is 32.1 Å². The number of hydrogen-bond acceptors (Lipinski definition) is 4. The van der Waals surface area contributed by atoms with Crippen LogP contribution < -0.4 is 5.32 Å². The molecule has 5 rings (SSSR count). The average molecular weight is 406 g/mol. The summed E-state index contributed by atoms with van der Waals surface area (Å²) in [5.41, 5.74) is 3.52. The highest BCUT2D eigenvalue weighted by Crippen LogP contribution is 2.40. The molecule has 4 aromatic rings. The molecule has 0 fully saturated rings. The maximum atomic E-state index is 6.41. The number of hydrogen-bond donors (Lipinski definition) is 1. The van der Waals surface area contributed by atoms with Gasteiger partial charge in [0.2, 0.25) is 0 Å². The molecule has 3 nitrogen and oxygen atoms in total. The van der Waals surface area contributed by atoms with Gasteiger partial charge in [0.25, 0.3) is 0 Å². The van der Waals surface area contributed by atoms with Gasteiger partial charge in [0.05, 0.1) is 16.1 Å². The number of fused-ring (bicyclic) bond motifs is 3. The van der Waals surface area contributed by atoms with Crippen LogP contribution in [0.5, 0.6) is 0 Å². The molecular formula is C23H20ClN3S. The number of para-hydroxylation sites is 1. The largest absolute Gasteiger partial charge is 0.338 e. The molecule has 0 saturated carbocycles. The minimum absolute atomic E-state index is 0.697. The Bertz CT molecular complexity index is 1140. The summed E-state index contributed by atoms with van der Waals surface area (Å²) in [6.45, 7) is 0. The van der Waals surface area contributed by atoms with Gasteiger partial charge in [0.1, 0.15) is 16.5 Å². The van der Waals surface area contributed by atoms with E-state index in [0.29, 0.717) is 5.02 Å². The zero-order chi connectivity index (χ0) is 18.9. The van der Waals surface area contributed by atoms with Crippen LogP contribution in [0.3, 0.4) is 0 Å². The third-order valence-corrected chi connectivity index (χ3v) is 6.71. The van der Waals surface area contributed by atoms with Crippen LogP contribution in [-0.2, 0) is 19.3 Å². The lowest BCUT2D eigenvalue weighted by Crippen LogP contribution is -2.04. The first kappa shape index (κ1) is 17.7. The first-order chi connectivity index (χ1) is 13.8. The number of thiophene rings is 1. The molecule has 0 spiro atoms. The molecule has 140 valence electrons. The number of anilines is 2. The number of rotatable bonds is 4. The SMILES string of the molecule is Clc1ccccc1Nc1nc(Cc2ccccc2)nc2sc3c(c12)CCCC3. The molecule has 0 saturated heterocycles. The van der Waals surface area contributed by atoms with Crippen molar-refractivity contribution >= 4 is 44.7 Å². The van der Waals surface area contributed by atoms with Crippen molar-refractivity contribution in [1.29, 1.82) is 0 Å². The Balaban J connectivity index is 1.64. The van der Waals surface area contributed by atoms with E-state index in [-0.39, 0.29) is 0 Å². The second-order valence-corrected chi connectivity index (χ2v) is 8.64. The van der Waals surface area contributed by atoms with Crippen molar-refractivity contribution in [2.75, 3.05) is 5.32 Å². The minimum Gasteiger partial charge on any atom is -0.338 e. The highest BCUT2D eigenvalue weighted by molar-refractivity contribution is 7.19. The van der Waals surface area contributed by atoms with Gasteiger partial charge in [-0.2, -0.15) is 0 Å². The monoisotopic (exact) mass is 405 g/mol. The van der Waals surface area contributed by atoms with Crippen LogP contribution in [0.2, 0.25) is 5.02 Å². The maximum Gasteiger partial charge on any atom is 0.143 e. The van der Waals surface area contributed by atoms with Crippen molar-refractivity contribution in [3.8, 4) is 0 Å². The third kappa shape index (κ3) is 3.38. The summed E-state index contributed by atoms with van der Waals surface area (Å²) in [7, 11) is 0. The van der Waals surface area contributed by atoms with E-state index in [9.17, 15) is 0 Å². The molecular weight excluding hydrogens is 386 g/mol. The number of aryl methyl sites for hydroxylation is 2. The number of nitrogens with one attached hydrogen (secondary N) is 1. The molecule has 2 heterocycles. The van der Waals surface area contributed by atoms with Crippen molar-refractivity contribution in [1.82, 2.24) is 9.97 Å². The second kappa shape index (κ2) is 7.53. The van der Waals surface area contributed by atoms with Crippen molar-refractivity contribution in [3.05, 3.63) is 81.4 Å². The standard InChI is InChI=1S/C23H20ClN3S/c24-17-11-5-6-12-18(17)25-22-21-16-10-4-7-13-19(16)28-23(21)27-20(26-22)14-15-8-2-1-3-9-15/h1-3,5-6,8-9,11-12H,4,7,10,13-14H2,(H,25,26,27). The molecule has 1 aliphatic rings. The van der Waals surface area contributed by atoms with E-state index in [4.69, 9.17) is 21.6 Å². The zero-order valence-electron chi connectivity index (χ0n) is 15.4. The van der Waals surface area contributed by atoms with Crippen molar-refractivity contribution < 1.29 is 0 Å². The Morgan fingerprint density at radius 2 is 1.71 bits per heavy atom. The average Bonchev–Trinajstić information content (AvgIpc) is 3.09. The summed E-state index contributed by atoms with van der Waals surface area (Å²) in [6, 6.07) is 18.2. The molecule has 28 heavy (non-hydrogen) atoms.